The zero-order valence-electron chi connectivity index (χ0n) is 13.0. The van der Waals surface area contributed by atoms with Gasteiger partial charge in [-0.05, 0) is 42.8 Å². The van der Waals surface area contributed by atoms with Crippen molar-refractivity contribution >= 4 is 83.9 Å². The van der Waals surface area contributed by atoms with E-state index in [2.05, 4.69) is 106 Å². The van der Waals surface area contributed by atoms with Crippen LogP contribution in [0.25, 0.3) is 0 Å². The van der Waals surface area contributed by atoms with Crippen molar-refractivity contribution in [2.45, 2.75) is 26.2 Å². The van der Waals surface area contributed by atoms with E-state index >= 15 is 0 Å². The number of benzene rings is 1. The van der Waals surface area contributed by atoms with Gasteiger partial charge in [-0.15, -0.1) is 0 Å². The summed E-state index contributed by atoms with van der Waals surface area (Å²) in [5.74, 6) is 1.88. The molecule has 0 atom stereocenters. The summed E-state index contributed by atoms with van der Waals surface area (Å²) < 4.78 is 15.6. The van der Waals surface area contributed by atoms with Crippen LogP contribution in [0.1, 0.15) is 0 Å². The molecule has 0 aliphatic carbocycles. The van der Waals surface area contributed by atoms with Gasteiger partial charge < -0.3 is 9.47 Å². The molecule has 2 nitrogen and oxygen atoms in total. The molecule has 120 valence electrons. The molecule has 0 unspecified atom stereocenters. The van der Waals surface area contributed by atoms with E-state index in [0.29, 0.717) is 0 Å². The van der Waals surface area contributed by atoms with Gasteiger partial charge in [0, 0.05) is 9.64 Å². The first kappa shape index (κ1) is 20.5. The topological polar surface area (TPSA) is 18.5 Å². The van der Waals surface area contributed by atoms with Gasteiger partial charge >= 0.3 is 0 Å². The normalized spacial score (nSPS) is 12.3. The smallest absolute Gasteiger partial charge is 0.123 e. The van der Waals surface area contributed by atoms with E-state index in [-0.39, 0.29) is 0 Å². The van der Waals surface area contributed by atoms with Crippen molar-refractivity contribution in [1.82, 2.24) is 0 Å². The zero-order valence-corrected chi connectivity index (χ0v) is 21.5. The highest BCUT2D eigenvalue weighted by atomic mass is 127. The predicted octanol–water partition coefficient (Wildman–Crippen LogP) is 5.49. The number of hydrogen-bond donors (Lipinski definition) is 0. The van der Waals surface area contributed by atoms with E-state index in [0.717, 1.165) is 24.0 Å². The van der Waals surface area contributed by atoms with Gasteiger partial charge in [0.1, 0.15) is 27.6 Å². The lowest BCUT2D eigenvalue weighted by Gasteiger charge is -2.21. The summed E-state index contributed by atoms with van der Waals surface area (Å²) in [6.07, 6.45) is 1.73. The molecule has 1 rings (SSSR count). The lowest BCUT2D eigenvalue weighted by Crippen LogP contribution is -2.37. The highest BCUT2D eigenvalue weighted by Gasteiger charge is 2.21. The quantitative estimate of drug-likeness (QED) is 0.209. The van der Waals surface area contributed by atoms with E-state index in [1.54, 1.807) is 0 Å². The first-order chi connectivity index (χ1) is 9.67. The maximum atomic E-state index is 6.02. The van der Waals surface area contributed by atoms with Crippen molar-refractivity contribution < 1.29 is 9.47 Å². The summed E-state index contributed by atoms with van der Waals surface area (Å²) in [4.78, 5) is 0. The average molecular weight is 660 g/mol. The fourth-order valence-electron chi connectivity index (χ4n) is 1.34. The Morgan fingerprint density at radius 3 is 1.52 bits per heavy atom. The van der Waals surface area contributed by atoms with Crippen LogP contribution in [-0.4, -0.2) is 36.7 Å². The largest absolute Gasteiger partial charge is 0.497 e. The number of ether oxygens (including phenoxy) is 2. The van der Waals surface area contributed by atoms with Gasteiger partial charge in [0.25, 0.3) is 0 Å². The van der Waals surface area contributed by atoms with Crippen LogP contribution in [0.2, 0.25) is 26.2 Å². The molecule has 0 heterocycles. The second kappa shape index (κ2) is 9.06. The molecule has 0 aliphatic rings. The number of halogens is 3. The Bertz CT molecular complexity index is 429. The Balaban J connectivity index is 2.71. The lowest BCUT2D eigenvalue weighted by molar-refractivity contribution is 0.358. The molecule has 0 N–H and O–H groups in total. The minimum atomic E-state index is -1.22. The predicted molar refractivity (Wildman–Crippen MR) is 123 cm³/mol. The van der Waals surface area contributed by atoms with Crippen molar-refractivity contribution in [3.05, 3.63) is 21.8 Å². The highest BCUT2D eigenvalue weighted by molar-refractivity contribution is 14.1. The number of alkyl halides is 2. The fraction of sp³-hybridized carbons (Fsp3) is 0.571. The maximum absolute atomic E-state index is 6.02. The monoisotopic (exact) mass is 660 g/mol. The summed E-state index contributed by atoms with van der Waals surface area (Å²) in [6, 6.07) is 6.22. The van der Waals surface area contributed by atoms with Gasteiger partial charge in [-0.3, -0.25) is 0 Å². The molecule has 0 saturated heterocycles. The van der Waals surface area contributed by atoms with Gasteiger partial charge in [0.2, 0.25) is 0 Å². The van der Waals surface area contributed by atoms with Crippen LogP contribution in [0.5, 0.6) is 11.5 Å². The van der Waals surface area contributed by atoms with Crippen LogP contribution in [0, 0.1) is 3.57 Å². The fourth-order valence-corrected chi connectivity index (χ4v) is 4.54. The van der Waals surface area contributed by atoms with Crippen molar-refractivity contribution in [3.63, 3.8) is 0 Å². The second-order valence-corrected chi connectivity index (χ2v) is 22.4. The molecule has 0 amide bonds. The Morgan fingerprint density at radius 2 is 1.19 bits per heavy atom. The van der Waals surface area contributed by atoms with Gasteiger partial charge in [-0.25, -0.2) is 0 Å². The van der Waals surface area contributed by atoms with Gasteiger partial charge in [-0.1, -0.05) is 71.4 Å². The molecule has 7 heteroatoms. The molecule has 0 bridgehead atoms. The van der Waals surface area contributed by atoms with Crippen LogP contribution < -0.4 is 9.47 Å². The summed E-state index contributed by atoms with van der Waals surface area (Å²) in [5.41, 5.74) is 0. The van der Waals surface area contributed by atoms with Crippen LogP contribution in [0.3, 0.4) is 0 Å². The van der Waals surface area contributed by atoms with E-state index in [4.69, 9.17) is 9.47 Å². The molecule has 21 heavy (non-hydrogen) atoms. The van der Waals surface area contributed by atoms with Crippen LogP contribution >= 0.6 is 67.8 Å². The molecular weight excluding hydrogens is 637 g/mol. The van der Waals surface area contributed by atoms with Gasteiger partial charge in [0.05, 0.1) is 12.5 Å². The first-order valence-electron chi connectivity index (χ1n) is 6.86. The maximum Gasteiger partial charge on any atom is 0.123 e. The molecule has 1 aromatic carbocycles. The second-order valence-electron chi connectivity index (χ2n) is 6.80. The summed E-state index contributed by atoms with van der Waals surface area (Å²) in [5, 5.41) is 0. The molecule has 0 radical (unpaired) electrons. The van der Waals surface area contributed by atoms with E-state index in [1.165, 1.54) is 11.7 Å². The standard InChI is InChI=1S/C14H23I3O2Si2/c1-20(2,8-15)10-18-13-5-12(17)6-14(7-13)19-11-21(3,4)9-16/h5-7H,8-11H2,1-4H3. The number of rotatable bonds is 8. The molecule has 0 spiro atoms. The molecule has 0 aromatic heterocycles. The van der Waals surface area contributed by atoms with Crippen molar-refractivity contribution in [1.29, 1.82) is 0 Å². The highest BCUT2D eigenvalue weighted by Crippen LogP contribution is 2.25. The Hall–Kier alpha value is 1.44. The minimum Gasteiger partial charge on any atom is -0.497 e. The summed E-state index contributed by atoms with van der Waals surface area (Å²) >= 11 is 7.27. The average Bonchev–Trinajstić information content (AvgIpc) is 2.43. The van der Waals surface area contributed by atoms with Gasteiger partial charge in [-0.2, -0.15) is 0 Å². The molecular formula is C14H23I3O2Si2. The third kappa shape index (κ3) is 8.20. The first-order valence-corrected chi connectivity index (χ1v) is 17.8. The molecule has 0 aliphatic heterocycles. The Labute approximate surface area is 171 Å². The Morgan fingerprint density at radius 1 is 0.810 bits per heavy atom. The van der Waals surface area contributed by atoms with E-state index in [9.17, 15) is 0 Å². The molecule has 1 aromatic rings. The SMILES string of the molecule is C[Si](C)(CI)COc1cc(I)cc(OC[Si](C)(C)CI)c1. The third-order valence-electron chi connectivity index (χ3n) is 2.83. The van der Waals surface area contributed by atoms with Crippen LogP contribution in [0.4, 0.5) is 0 Å². The van der Waals surface area contributed by atoms with Crippen LogP contribution in [-0.2, 0) is 0 Å². The van der Waals surface area contributed by atoms with Gasteiger partial charge in [0.15, 0.2) is 0 Å². The van der Waals surface area contributed by atoms with E-state index < -0.39 is 16.1 Å². The summed E-state index contributed by atoms with van der Waals surface area (Å²) in [6.45, 7) is 9.44. The molecule has 0 saturated carbocycles. The summed E-state index contributed by atoms with van der Waals surface area (Å²) in [7, 11) is -2.44. The van der Waals surface area contributed by atoms with Crippen molar-refractivity contribution in [2.75, 3.05) is 20.6 Å². The van der Waals surface area contributed by atoms with E-state index in [1.807, 2.05) is 6.07 Å². The van der Waals surface area contributed by atoms with Crippen molar-refractivity contribution in [2.24, 2.45) is 0 Å². The van der Waals surface area contributed by atoms with Crippen molar-refractivity contribution in [3.8, 4) is 11.5 Å². The zero-order chi connectivity index (χ0) is 16.1. The van der Waals surface area contributed by atoms with Crippen LogP contribution in [0.15, 0.2) is 18.2 Å². The minimum absolute atomic E-state index is 0.865. The third-order valence-corrected chi connectivity index (χ3v) is 19.1. The molecule has 0 fully saturated rings. The number of hydrogen-bond acceptors (Lipinski definition) is 2. The lowest BCUT2D eigenvalue weighted by atomic mass is 10.3. The Kier molecular flexibility index (Phi) is 8.84.